The van der Waals surface area contributed by atoms with Crippen molar-refractivity contribution in [1.82, 2.24) is 0 Å². The van der Waals surface area contributed by atoms with Gasteiger partial charge in [-0.05, 0) is 36.8 Å². The van der Waals surface area contributed by atoms with Crippen molar-refractivity contribution < 1.29 is 0 Å². The first-order valence-corrected chi connectivity index (χ1v) is 7.10. The Bertz CT molecular complexity index is 337. The molecule has 0 spiro atoms. The van der Waals surface area contributed by atoms with E-state index in [2.05, 4.69) is 31.2 Å². The summed E-state index contributed by atoms with van der Waals surface area (Å²) in [4.78, 5) is 0. The van der Waals surface area contributed by atoms with Crippen LogP contribution in [0.4, 0.5) is 0 Å². The molecule has 0 saturated heterocycles. The van der Waals surface area contributed by atoms with Gasteiger partial charge in [-0.3, -0.25) is 0 Å². The first-order valence-electron chi connectivity index (χ1n) is 7.10. The molecule has 0 heterocycles. The van der Waals surface area contributed by atoms with Gasteiger partial charge in [-0.2, -0.15) is 0 Å². The quantitative estimate of drug-likeness (QED) is 0.804. The van der Waals surface area contributed by atoms with Crippen LogP contribution in [0.1, 0.15) is 62.1 Å². The smallest absolute Gasteiger partial charge is 0.0326 e. The van der Waals surface area contributed by atoms with Crippen LogP contribution in [-0.4, -0.2) is 0 Å². The van der Waals surface area contributed by atoms with Crippen molar-refractivity contribution in [2.75, 3.05) is 0 Å². The maximum Gasteiger partial charge on any atom is 0.0326 e. The summed E-state index contributed by atoms with van der Waals surface area (Å²) in [6.07, 6.45) is 9.58. The molecule has 17 heavy (non-hydrogen) atoms. The fourth-order valence-corrected chi connectivity index (χ4v) is 3.06. The summed E-state index contributed by atoms with van der Waals surface area (Å²) in [5.41, 5.74) is 9.20. The highest BCUT2D eigenvalue weighted by molar-refractivity contribution is 5.28. The number of rotatable bonds is 2. The fourth-order valence-electron chi connectivity index (χ4n) is 3.06. The third-order valence-electron chi connectivity index (χ3n) is 4.21. The van der Waals surface area contributed by atoms with E-state index in [1.165, 1.54) is 56.1 Å². The van der Waals surface area contributed by atoms with E-state index in [0.29, 0.717) is 5.92 Å². The molecule has 2 rings (SSSR count). The van der Waals surface area contributed by atoms with Crippen molar-refractivity contribution in [3.63, 3.8) is 0 Å². The van der Waals surface area contributed by atoms with Crippen LogP contribution in [0, 0.1) is 12.8 Å². The maximum absolute atomic E-state index is 6.49. The normalized spacial score (nSPS) is 20.6. The van der Waals surface area contributed by atoms with Crippen molar-refractivity contribution in [3.05, 3.63) is 35.4 Å². The number of aryl methyl sites for hydroxylation is 1. The van der Waals surface area contributed by atoms with E-state index in [1.807, 2.05) is 0 Å². The van der Waals surface area contributed by atoms with Crippen molar-refractivity contribution in [2.24, 2.45) is 11.7 Å². The predicted octanol–water partition coefficient (Wildman–Crippen LogP) is 4.36. The molecule has 1 unspecified atom stereocenters. The zero-order valence-electron chi connectivity index (χ0n) is 11.0. The minimum absolute atomic E-state index is 0.245. The molecule has 1 aromatic rings. The Kier molecular flexibility index (Phi) is 4.61. The van der Waals surface area contributed by atoms with Crippen molar-refractivity contribution in [1.29, 1.82) is 0 Å². The fraction of sp³-hybridized carbons (Fsp3) is 0.625. The summed E-state index contributed by atoms with van der Waals surface area (Å²) in [6, 6.07) is 8.85. The lowest BCUT2D eigenvalue weighted by molar-refractivity contribution is 0.327. The van der Waals surface area contributed by atoms with E-state index in [1.54, 1.807) is 0 Å². The second-order valence-electron chi connectivity index (χ2n) is 5.49. The van der Waals surface area contributed by atoms with E-state index in [0.717, 1.165) is 0 Å². The molecule has 1 atom stereocenters. The van der Waals surface area contributed by atoms with Crippen LogP contribution in [0.15, 0.2) is 24.3 Å². The van der Waals surface area contributed by atoms with Gasteiger partial charge in [-0.15, -0.1) is 0 Å². The Morgan fingerprint density at radius 2 is 1.59 bits per heavy atom. The van der Waals surface area contributed by atoms with Crippen molar-refractivity contribution in [3.8, 4) is 0 Å². The molecule has 1 aromatic carbocycles. The molecule has 0 aromatic heterocycles. The van der Waals surface area contributed by atoms with Crippen LogP contribution in [0.3, 0.4) is 0 Å². The average molecular weight is 231 g/mol. The zero-order chi connectivity index (χ0) is 12.1. The third kappa shape index (κ3) is 3.32. The molecule has 1 aliphatic carbocycles. The Balaban J connectivity index is 2.07. The Hall–Kier alpha value is -0.820. The van der Waals surface area contributed by atoms with Crippen LogP contribution in [0.5, 0.6) is 0 Å². The first kappa shape index (κ1) is 12.6. The lowest BCUT2D eigenvalue weighted by atomic mass is 9.82. The van der Waals surface area contributed by atoms with Gasteiger partial charge >= 0.3 is 0 Å². The molecule has 0 aliphatic heterocycles. The van der Waals surface area contributed by atoms with E-state index >= 15 is 0 Å². The molecule has 94 valence electrons. The molecule has 0 bridgehead atoms. The van der Waals surface area contributed by atoms with Gasteiger partial charge in [0.25, 0.3) is 0 Å². The number of benzene rings is 1. The van der Waals surface area contributed by atoms with Gasteiger partial charge in [0, 0.05) is 6.04 Å². The largest absolute Gasteiger partial charge is 0.324 e. The predicted molar refractivity (Wildman–Crippen MR) is 73.9 cm³/mol. The minimum Gasteiger partial charge on any atom is -0.324 e. The molecule has 1 aliphatic rings. The van der Waals surface area contributed by atoms with Gasteiger partial charge in [0.15, 0.2) is 0 Å². The van der Waals surface area contributed by atoms with E-state index < -0.39 is 0 Å². The number of hydrogen-bond acceptors (Lipinski definition) is 1. The molecule has 1 fully saturated rings. The van der Waals surface area contributed by atoms with Crippen molar-refractivity contribution in [2.45, 2.75) is 57.9 Å². The summed E-state index contributed by atoms with van der Waals surface area (Å²) in [7, 11) is 0. The topological polar surface area (TPSA) is 26.0 Å². The first-order chi connectivity index (χ1) is 8.29. The third-order valence-corrected chi connectivity index (χ3v) is 4.21. The minimum atomic E-state index is 0.245. The molecular formula is C16H25N. The Labute approximate surface area is 105 Å². The summed E-state index contributed by atoms with van der Waals surface area (Å²) in [5.74, 6) is 0.691. The van der Waals surface area contributed by atoms with E-state index in [-0.39, 0.29) is 6.04 Å². The van der Waals surface area contributed by atoms with Gasteiger partial charge < -0.3 is 5.73 Å². The molecule has 1 saturated carbocycles. The standard InChI is InChI=1S/C16H25N/c1-13-9-7-8-12-15(13)16(17)14-10-5-3-2-4-6-11-14/h7-9,12,14,16H,2-6,10-11,17H2,1H3. The Morgan fingerprint density at radius 1 is 1.00 bits per heavy atom. The molecular weight excluding hydrogens is 206 g/mol. The van der Waals surface area contributed by atoms with Crippen LogP contribution in [0.25, 0.3) is 0 Å². The second-order valence-corrected chi connectivity index (χ2v) is 5.49. The van der Waals surface area contributed by atoms with Crippen LogP contribution in [-0.2, 0) is 0 Å². The molecule has 1 nitrogen and oxygen atoms in total. The van der Waals surface area contributed by atoms with E-state index in [9.17, 15) is 0 Å². The van der Waals surface area contributed by atoms with Gasteiger partial charge in [0.1, 0.15) is 0 Å². The maximum atomic E-state index is 6.49. The molecule has 0 radical (unpaired) electrons. The van der Waals surface area contributed by atoms with Gasteiger partial charge in [0.2, 0.25) is 0 Å². The number of nitrogens with two attached hydrogens (primary N) is 1. The Morgan fingerprint density at radius 3 is 2.24 bits per heavy atom. The van der Waals surface area contributed by atoms with Gasteiger partial charge in [-0.1, -0.05) is 56.4 Å². The summed E-state index contributed by atoms with van der Waals surface area (Å²) < 4.78 is 0. The van der Waals surface area contributed by atoms with Gasteiger partial charge in [0.05, 0.1) is 0 Å². The highest BCUT2D eigenvalue weighted by Gasteiger charge is 2.21. The second kappa shape index (κ2) is 6.20. The summed E-state index contributed by atoms with van der Waals surface area (Å²) >= 11 is 0. The molecule has 0 amide bonds. The van der Waals surface area contributed by atoms with Crippen molar-refractivity contribution >= 4 is 0 Å². The lowest BCUT2D eigenvalue weighted by Crippen LogP contribution is -2.23. The van der Waals surface area contributed by atoms with Gasteiger partial charge in [-0.25, -0.2) is 0 Å². The monoisotopic (exact) mass is 231 g/mol. The highest BCUT2D eigenvalue weighted by atomic mass is 14.7. The lowest BCUT2D eigenvalue weighted by Gasteiger charge is -2.27. The SMILES string of the molecule is Cc1ccccc1C(N)C1CCCCCCC1. The van der Waals surface area contributed by atoms with Crippen LogP contribution >= 0.6 is 0 Å². The number of hydrogen-bond donors (Lipinski definition) is 1. The summed E-state index contributed by atoms with van der Waals surface area (Å²) in [5, 5.41) is 0. The molecule has 1 heteroatoms. The van der Waals surface area contributed by atoms with Crippen LogP contribution in [0.2, 0.25) is 0 Å². The van der Waals surface area contributed by atoms with E-state index in [4.69, 9.17) is 5.73 Å². The molecule has 2 N–H and O–H groups in total. The zero-order valence-corrected chi connectivity index (χ0v) is 11.0. The average Bonchev–Trinajstić information content (AvgIpc) is 2.28. The highest BCUT2D eigenvalue weighted by Crippen LogP contribution is 2.32. The van der Waals surface area contributed by atoms with Crippen LogP contribution < -0.4 is 5.73 Å². The summed E-state index contributed by atoms with van der Waals surface area (Å²) in [6.45, 7) is 2.18.